The molecule has 1 atom stereocenters. The minimum atomic E-state index is -0.539. The Bertz CT molecular complexity index is 409. The van der Waals surface area contributed by atoms with Crippen LogP contribution in [0.5, 0.6) is 0 Å². The molecule has 0 saturated carbocycles. The molecule has 1 rings (SSSR count). The van der Waals surface area contributed by atoms with Gasteiger partial charge in [-0.2, -0.15) is 0 Å². The third kappa shape index (κ3) is 5.27. The highest BCUT2D eigenvalue weighted by atomic mass is 32.1. The van der Waals surface area contributed by atoms with E-state index in [0.29, 0.717) is 5.01 Å². The Morgan fingerprint density at radius 2 is 2.17 bits per heavy atom. The van der Waals surface area contributed by atoms with Gasteiger partial charge in [-0.15, -0.1) is 11.3 Å². The molecule has 0 fully saturated rings. The second kappa shape index (κ2) is 5.95. The summed E-state index contributed by atoms with van der Waals surface area (Å²) in [5.74, 6) is -0.0754. The smallest absolute Gasteiger partial charge is 0.407 e. The zero-order valence-corrected chi connectivity index (χ0v) is 11.8. The number of carbonyl (C=O) groups is 2. The van der Waals surface area contributed by atoms with Gasteiger partial charge in [-0.3, -0.25) is 4.79 Å². The number of rotatable bonds is 4. The maximum atomic E-state index is 11.7. The molecule has 5 nitrogen and oxygen atoms in total. The van der Waals surface area contributed by atoms with Gasteiger partial charge in [-0.05, 0) is 27.7 Å². The average Bonchev–Trinajstić information content (AvgIpc) is 2.65. The second-order valence-electron chi connectivity index (χ2n) is 5.01. The van der Waals surface area contributed by atoms with Crippen LogP contribution in [0.15, 0.2) is 11.6 Å². The van der Waals surface area contributed by atoms with Gasteiger partial charge in [0, 0.05) is 24.0 Å². The number of Topliss-reactive ketones (excluding diaryl/α,β-unsaturated/α-hetero) is 1. The van der Waals surface area contributed by atoms with E-state index in [0.717, 1.165) is 0 Å². The first-order valence-electron chi connectivity index (χ1n) is 5.70. The monoisotopic (exact) mass is 270 g/mol. The molecule has 0 aromatic carbocycles. The van der Waals surface area contributed by atoms with Gasteiger partial charge in [0.1, 0.15) is 5.60 Å². The number of hydrogen-bond donors (Lipinski definition) is 1. The average molecular weight is 270 g/mol. The van der Waals surface area contributed by atoms with Crippen molar-refractivity contribution in [2.75, 3.05) is 0 Å². The molecule has 0 aliphatic rings. The summed E-state index contributed by atoms with van der Waals surface area (Å²) >= 11 is 1.30. The number of hydrogen-bond acceptors (Lipinski definition) is 5. The second-order valence-corrected chi connectivity index (χ2v) is 5.91. The van der Waals surface area contributed by atoms with Crippen molar-refractivity contribution in [3.8, 4) is 0 Å². The fourth-order valence-corrected chi connectivity index (χ4v) is 1.87. The van der Waals surface area contributed by atoms with Gasteiger partial charge in [0.15, 0.2) is 10.8 Å². The van der Waals surface area contributed by atoms with Gasteiger partial charge in [-0.1, -0.05) is 0 Å². The van der Waals surface area contributed by atoms with Gasteiger partial charge < -0.3 is 10.1 Å². The Balaban J connectivity index is 2.40. The van der Waals surface area contributed by atoms with E-state index in [2.05, 4.69) is 10.3 Å². The fourth-order valence-electron chi connectivity index (χ4n) is 1.29. The number of nitrogens with one attached hydrogen (secondary N) is 1. The zero-order valence-electron chi connectivity index (χ0n) is 11.0. The molecule has 0 radical (unpaired) electrons. The molecule has 0 bridgehead atoms. The van der Waals surface area contributed by atoms with Crippen LogP contribution in [0.1, 0.15) is 43.9 Å². The third-order valence-electron chi connectivity index (χ3n) is 1.93. The van der Waals surface area contributed by atoms with Crippen LogP contribution in [0.4, 0.5) is 4.79 Å². The van der Waals surface area contributed by atoms with E-state index in [-0.39, 0.29) is 18.2 Å². The molecule has 1 amide bonds. The number of thiazole rings is 1. The molecule has 0 aliphatic heterocycles. The summed E-state index contributed by atoms with van der Waals surface area (Å²) in [6.45, 7) is 7.13. The topological polar surface area (TPSA) is 68.3 Å². The number of nitrogens with zero attached hydrogens (tertiary/aromatic N) is 1. The van der Waals surface area contributed by atoms with Crippen molar-refractivity contribution in [2.24, 2.45) is 0 Å². The SMILES string of the molecule is CC(CC(=O)c1nccs1)NC(=O)OC(C)(C)C. The molecule has 1 N–H and O–H groups in total. The molecule has 18 heavy (non-hydrogen) atoms. The first kappa shape index (κ1) is 14.6. The Morgan fingerprint density at radius 3 is 2.67 bits per heavy atom. The van der Waals surface area contributed by atoms with E-state index in [1.807, 2.05) is 0 Å². The van der Waals surface area contributed by atoms with Crippen LogP contribution in [-0.2, 0) is 4.74 Å². The lowest BCUT2D eigenvalue weighted by atomic mass is 10.2. The van der Waals surface area contributed by atoms with Crippen LogP contribution in [0, 0.1) is 0 Å². The summed E-state index contributed by atoms with van der Waals surface area (Å²) in [4.78, 5) is 27.2. The molecule has 0 aliphatic carbocycles. The summed E-state index contributed by atoms with van der Waals surface area (Å²) in [5.41, 5.74) is -0.539. The zero-order chi connectivity index (χ0) is 13.8. The van der Waals surface area contributed by atoms with Crippen molar-refractivity contribution in [3.63, 3.8) is 0 Å². The van der Waals surface area contributed by atoms with Crippen molar-refractivity contribution < 1.29 is 14.3 Å². The fraction of sp³-hybridized carbons (Fsp3) is 0.583. The first-order chi connectivity index (χ1) is 8.28. The van der Waals surface area contributed by atoms with Gasteiger partial charge in [-0.25, -0.2) is 9.78 Å². The van der Waals surface area contributed by atoms with Crippen LogP contribution in [0.25, 0.3) is 0 Å². The highest BCUT2D eigenvalue weighted by Gasteiger charge is 2.19. The summed E-state index contributed by atoms with van der Waals surface area (Å²) < 4.78 is 5.11. The number of alkyl carbamates (subject to hydrolysis) is 1. The number of ether oxygens (including phenoxy) is 1. The number of carbonyl (C=O) groups excluding carboxylic acids is 2. The summed E-state index contributed by atoms with van der Waals surface area (Å²) in [6, 6.07) is -0.281. The molecule has 1 aromatic heterocycles. The Morgan fingerprint density at radius 1 is 1.50 bits per heavy atom. The van der Waals surface area contributed by atoms with Crippen LogP contribution in [0.2, 0.25) is 0 Å². The van der Waals surface area contributed by atoms with E-state index in [4.69, 9.17) is 4.74 Å². The Labute approximate surface area is 111 Å². The molecule has 1 aromatic rings. The Hall–Kier alpha value is -1.43. The Kier molecular flexibility index (Phi) is 4.84. The molecule has 0 saturated heterocycles. The van der Waals surface area contributed by atoms with E-state index >= 15 is 0 Å². The predicted octanol–water partition coefficient (Wildman–Crippen LogP) is 2.63. The normalized spacial score (nSPS) is 12.9. The molecule has 100 valence electrons. The van der Waals surface area contributed by atoms with E-state index in [1.165, 1.54) is 11.3 Å². The first-order valence-corrected chi connectivity index (χ1v) is 6.58. The summed E-state index contributed by atoms with van der Waals surface area (Å²) in [7, 11) is 0. The number of amides is 1. The van der Waals surface area contributed by atoms with Crippen LogP contribution >= 0.6 is 11.3 Å². The highest BCUT2D eigenvalue weighted by Crippen LogP contribution is 2.10. The van der Waals surface area contributed by atoms with Gasteiger partial charge in [0.05, 0.1) is 0 Å². The van der Waals surface area contributed by atoms with Crippen molar-refractivity contribution in [1.82, 2.24) is 10.3 Å². The number of aromatic nitrogens is 1. The van der Waals surface area contributed by atoms with E-state index in [9.17, 15) is 9.59 Å². The minimum absolute atomic E-state index is 0.0754. The van der Waals surface area contributed by atoms with Gasteiger partial charge in [0.2, 0.25) is 0 Å². The standard InChI is InChI=1S/C12H18N2O3S/c1-8(14-11(16)17-12(2,3)4)7-9(15)10-13-5-6-18-10/h5-6,8H,7H2,1-4H3,(H,14,16). The third-order valence-corrected chi connectivity index (χ3v) is 2.74. The molecular formula is C12H18N2O3S. The van der Waals surface area contributed by atoms with Crippen molar-refractivity contribution in [2.45, 2.75) is 45.8 Å². The van der Waals surface area contributed by atoms with Crippen molar-refractivity contribution in [1.29, 1.82) is 0 Å². The lowest BCUT2D eigenvalue weighted by Crippen LogP contribution is -2.38. The minimum Gasteiger partial charge on any atom is -0.444 e. The molecule has 1 unspecified atom stereocenters. The quantitative estimate of drug-likeness (QED) is 0.854. The van der Waals surface area contributed by atoms with Crippen LogP contribution in [0.3, 0.4) is 0 Å². The van der Waals surface area contributed by atoms with Crippen molar-refractivity contribution in [3.05, 3.63) is 16.6 Å². The van der Waals surface area contributed by atoms with Crippen LogP contribution in [-0.4, -0.2) is 28.5 Å². The molecular weight excluding hydrogens is 252 g/mol. The highest BCUT2D eigenvalue weighted by molar-refractivity contribution is 7.11. The molecule has 0 spiro atoms. The molecule has 6 heteroatoms. The van der Waals surface area contributed by atoms with E-state index in [1.54, 1.807) is 39.3 Å². The predicted molar refractivity (Wildman–Crippen MR) is 69.9 cm³/mol. The maximum absolute atomic E-state index is 11.7. The number of ketones is 1. The largest absolute Gasteiger partial charge is 0.444 e. The van der Waals surface area contributed by atoms with E-state index < -0.39 is 11.7 Å². The summed E-state index contributed by atoms with van der Waals surface area (Å²) in [6.07, 6.45) is 1.29. The van der Waals surface area contributed by atoms with Gasteiger partial charge in [0.25, 0.3) is 0 Å². The van der Waals surface area contributed by atoms with Gasteiger partial charge >= 0.3 is 6.09 Å². The lowest BCUT2D eigenvalue weighted by Gasteiger charge is -2.21. The van der Waals surface area contributed by atoms with Crippen molar-refractivity contribution >= 4 is 23.2 Å². The lowest BCUT2D eigenvalue weighted by molar-refractivity contribution is 0.0506. The molecule has 1 heterocycles. The maximum Gasteiger partial charge on any atom is 0.407 e. The van der Waals surface area contributed by atoms with Crippen LogP contribution < -0.4 is 5.32 Å². The summed E-state index contributed by atoms with van der Waals surface area (Å²) in [5, 5.41) is 4.84.